The number of aromatic nitrogens is 1. The highest BCUT2D eigenvalue weighted by molar-refractivity contribution is 6.05. The summed E-state index contributed by atoms with van der Waals surface area (Å²) in [6.45, 7) is 7.03. The van der Waals surface area contributed by atoms with E-state index in [4.69, 9.17) is 0 Å². The third-order valence-electron chi connectivity index (χ3n) is 5.97. The highest BCUT2D eigenvalue weighted by Crippen LogP contribution is 2.45. The lowest BCUT2D eigenvalue weighted by molar-refractivity contribution is -0.129. The fourth-order valence-electron chi connectivity index (χ4n) is 4.37. The Morgan fingerprint density at radius 1 is 0.967 bits per heavy atom. The number of likely N-dealkylation sites (tertiary alicyclic amines) is 1. The maximum atomic E-state index is 13.6. The van der Waals surface area contributed by atoms with Gasteiger partial charge in [0.05, 0.1) is 11.7 Å². The van der Waals surface area contributed by atoms with Gasteiger partial charge in [-0.25, -0.2) is 0 Å². The molecule has 2 aromatic carbocycles. The first-order chi connectivity index (χ1) is 14.5. The third kappa shape index (κ3) is 3.99. The smallest absolute Gasteiger partial charge is 0.167 e. The second-order valence-corrected chi connectivity index (χ2v) is 8.64. The van der Waals surface area contributed by atoms with Gasteiger partial charge in [0.25, 0.3) is 0 Å². The van der Waals surface area contributed by atoms with E-state index in [0.29, 0.717) is 6.54 Å². The molecule has 2 unspecified atom stereocenters. The summed E-state index contributed by atoms with van der Waals surface area (Å²) in [5.74, 6) is 0.193. The third-order valence-corrected chi connectivity index (χ3v) is 5.97. The van der Waals surface area contributed by atoms with Crippen molar-refractivity contribution in [2.75, 3.05) is 6.54 Å². The van der Waals surface area contributed by atoms with Crippen LogP contribution in [0.3, 0.4) is 0 Å². The van der Waals surface area contributed by atoms with Crippen molar-refractivity contribution in [1.29, 1.82) is 0 Å². The van der Waals surface area contributed by atoms with Crippen molar-refractivity contribution in [2.24, 2.45) is 5.41 Å². The van der Waals surface area contributed by atoms with Gasteiger partial charge in [-0.1, -0.05) is 80.6 Å². The second-order valence-electron chi connectivity index (χ2n) is 8.64. The van der Waals surface area contributed by atoms with Gasteiger partial charge < -0.3 is 0 Å². The zero-order valence-electron chi connectivity index (χ0n) is 17.8. The molecule has 4 rings (SSSR count). The van der Waals surface area contributed by atoms with Gasteiger partial charge >= 0.3 is 0 Å². The fraction of sp³-hybridized carbons (Fsp3) is 0.259. The molecule has 0 saturated carbocycles. The minimum atomic E-state index is -0.477. The molecule has 3 aromatic rings. The quantitative estimate of drug-likeness (QED) is 0.517. The maximum absolute atomic E-state index is 13.6. The highest BCUT2D eigenvalue weighted by Gasteiger charge is 2.45. The number of carbonyl (C=O) groups is 1. The Balaban J connectivity index is 1.87. The highest BCUT2D eigenvalue weighted by atomic mass is 16.1. The van der Waals surface area contributed by atoms with Gasteiger partial charge in [0.1, 0.15) is 0 Å². The van der Waals surface area contributed by atoms with Crippen LogP contribution in [0.4, 0.5) is 0 Å². The molecule has 1 aromatic heterocycles. The molecule has 0 bridgehead atoms. The minimum Gasteiger partial charge on any atom is -0.294 e. The number of piperidine rings is 1. The lowest BCUT2D eigenvalue weighted by atomic mass is 9.74. The Hall–Kier alpha value is -3.04. The Kier molecular flexibility index (Phi) is 5.65. The van der Waals surface area contributed by atoms with Gasteiger partial charge in [-0.3, -0.25) is 14.7 Å². The van der Waals surface area contributed by atoms with E-state index >= 15 is 0 Å². The van der Waals surface area contributed by atoms with Crippen LogP contribution in [0, 0.1) is 5.41 Å². The first-order valence-corrected chi connectivity index (χ1v) is 10.5. The number of carbonyl (C=O) groups excluding carboxylic acids is 1. The molecule has 1 saturated heterocycles. The summed E-state index contributed by atoms with van der Waals surface area (Å²) in [6, 6.07) is 26.7. The van der Waals surface area contributed by atoms with Crippen LogP contribution in [0.15, 0.2) is 90.6 Å². The predicted octanol–water partition coefficient (Wildman–Crippen LogP) is 5.88. The van der Waals surface area contributed by atoms with E-state index in [1.54, 1.807) is 6.20 Å². The van der Waals surface area contributed by atoms with Gasteiger partial charge in [0.15, 0.2) is 5.78 Å². The van der Waals surface area contributed by atoms with E-state index in [2.05, 4.69) is 53.2 Å². The lowest BCUT2D eigenvalue weighted by Crippen LogP contribution is -2.50. The van der Waals surface area contributed by atoms with Crippen molar-refractivity contribution < 1.29 is 4.79 Å². The Labute approximate surface area is 179 Å². The molecule has 3 heteroatoms. The SMILES string of the molecule is CC(c1ccccc1)N1CC(C)(C)C(=O)C(=Cc2ccccn2)C1c1ccccc1. The Bertz CT molecular complexity index is 1030. The zero-order valence-corrected chi connectivity index (χ0v) is 17.8. The number of pyridine rings is 1. The van der Waals surface area contributed by atoms with Crippen LogP contribution in [0.5, 0.6) is 0 Å². The molecule has 2 atom stereocenters. The van der Waals surface area contributed by atoms with Gasteiger partial charge in [-0.2, -0.15) is 0 Å². The van der Waals surface area contributed by atoms with E-state index in [0.717, 1.165) is 16.8 Å². The van der Waals surface area contributed by atoms with Crippen LogP contribution in [-0.4, -0.2) is 22.2 Å². The molecule has 152 valence electrons. The summed E-state index contributed by atoms with van der Waals surface area (Å²) in [6.07, 6.45) is 3.75. The Morgan fingerprint density at radius 2 is 1.60 bits per heavy atom. The van der Waals surface area contributed by atoms with Crippen molar-refractivity contribution in [1.82, 2.24) is 9.88 Å². The molecule has 0 N–H and O–H groups in total. The molecule has 0 radical (unpaired) electrons. The number of hydrogen-bond acceptors (Lipinski definition) is 3. The normalized spacial score (nSPS) is 21.5. The number of benzene rings is 2. The number of hydrogen-bond donors (Lipinski definition) is 0. The summed E-state index contributed by atoms with van der Waals surface area (Å²) in [4.78, 5) is 20.5. The van der Waals surface area contributed by atoms with Gasteiger partial charge in [-0.15, -0.1) is 0 Å². The molecule has 0 spiro atoms. The molecule has 1 aliphatic rings. The standard InChI is InChI=1S/C27H28N2O/c1-20(21-12-6-4-7-13-21)29-19-27(2,3)26(30)24(18-23-16-10-11-17-28-23)25(29)22-14-8-5-9-15-22/h4-18,20,25H,19H2,1-3H3. The van der Waals surface area contributed by atoms with Crippen molar-refractivity contribution in [3.05, 3.63) is 107 Å². The molecule has 0 aliphatic carbocycles. The Morgan fingerprint density at radius 3 is 2.23 bits per heavy atom. The number of rotatable bonds is 4. The van der Waals surface area contributed by atoms with Crippen LogP contribution in [-0.2, 0) is 4.79 Å². The minimum absolute atomic E-state index is 0.121. The second kappa shape index (κ2) is 8.37. The van der Waals surface area contributed by atoms with Crippen molar-refractivity contribution in [3.63, 3.8) is 0 Å². The molecular formula is C27H28N2O. The topological polar surface area (TPSA) is 33.2 Å². The van der Waals surface area contributed by atoms with E-state index in [9.17, 15) is 4.79 Å². The fourth-order valence-corrected chi connectivity index (χ4v) is 4.37. The van der Waals surface area contributed by atoms with Crippen molar-refractivity contribution in [3.8, 4) is 0 Å². The van der Waals surface area contributed by atoms with Crippen LogP contribution in [0.2, 0.25) is 0 Å². The molecule has 0 amide bonds. The number of Topliss-reactive ketones (excluding diaryl/α,β-unsaturated/α-hetero) is 1. The van der Waals surface area contributed by atoms with Crippen LogP contribution < -0.4 is 0 Å². The van der Waals surface area contributed by atoms with E-state index in [-0.39, 0.29) is 17.9 Å². The van der Waals surface area contributed by atoms with Crippen LogP contribution >= 0.6 is 0 Å². The number of nitrogens with zero attached hydrogens (tertiary/aromatic N) is 2. The molecule has 2 heterocycles. The molecular weight excluding hydrogens is 368 g/mol. The maximum Gasteiger partial charge on any atom is 0.167 e. The summed E-state index contributed by atoms with van der Waals surface area (Å²) in [5, 5.41) is 0. The van der Waals surface area contributed by atoms with Gasteiger partial charge in [-0.05, 0) is 36.3 Å². The van der Waals surface area contributed by atoms with E-state index < -0.39 is 5.41 Å². The van der Waals surface area contributed by atoms with Crippen molar-refractivity contribution in [2.45, 2.75) is 32.9 Å². The molecule has 3 nitrogen and oxygen atoms in total. The monoisotopic (exact) mass is 396 g/mol. The van der Waals surface area contributed by atoms with Gasteiger partial charge in [0, 0.05) is 29.8 Å². The predicted molar refractivity (Wildman–Crippen MR) is 122 cm³/mol. The molecule has 30 heavy (non-hydrogen) atoms. The first kappa shape index (κ1) is 20.2. The summed E-state index contributed by atoms with van der Waals surface area (Å²) in [5.41, 5.74) is 3.52. The van der Waals surface area contributed by atoms with E-state index in [1.807, 2.05) is 62.4 Å². The summed E-state index contributed by atoms with van der Waals surface area (Å²) in [7, 11) is 0. The molecule has 1 aliphatic heterocycles. The van der Waals surface area contributed by atoms with Gasteiger partial charge in [0.2, 0.25) is 0 Å². The van der Waals surface area contributed by atoms with Crippen molar-refractivity contribution >= 4 is 11.9 Å². The molecule has 1 fully saturated rings. The lowest BCUT2D eigenvalue weighted by Gasteiger charge is -2.47. The summed E-state index contributed by atoms with van der Waals surface area (Å²) < 4.78 is 0. The van der Waals surface area contributed by atoms with Crippen LogP contribution in [0.1, 0.15) is 49.7 Å². The summed E-state index contributed by atoms with van der Waals surface area (Å²) >= 11 is 0. The number of ketones is 1. The zero-order chi connectivity index (χ0) is 21.1. The average molecular weight is 397 g/mol. The van der Waals surface area contributed by atoms with E-state index in [1.165, 1.54) is 5.56 Å². The largest absolute Gasteiger partial charge is 0.294 e. The van der Waals surface area contributed by atoms with Crippen LogP contribution in [0.25, 0.3) is 6.08 Å². The average Bonchev–Trinajstić information content (AvgIpc) is 2.78. The first-order valence-electron chi connectivity index (χ1n) is 10.5.